The number of rotatable bonds is 8. The first-order valence-corrected chi connectivity index (χ1v) is 9.66. The Labute approximate surface area is 143 Å². The molecule has 0 heterocycles. The van der Waals surface area contributed by atoms with E-state index in [-0.39, 0.29) is 23.7 Å². The van der Waals surface area contributed by atoms with Crippen molar-refractivity contribution in [2.75, 3.05) is 6.61 Å². The minimum absolute atomic E-state index is 0.0231. The van der Waals surface area contributed by atoms with Crippen molar-refractivity contribution in [3.63, 3.8) is 0 Å². The molecule has 0 spiro atoms. The average Bonchev–Trinajstić information content (AvgIpc) is 2.59. The minimum atomic E-state index is -3.74. The molecule has 0 fully saturated rings. The lowest BCUT2D eigenvalue weighted by atomic mass is 9.90. The summed E-state index contributed by atoms with van der Waals surface area (Å²) in [6.45, 7) is 1.80. The van der Waals surface area contributed by atoms with Gasteiger partial charge in [0, 0.05) is 6.61 Å². The molecule has 0 saturated carbocycles. The van der Waals surface area contributed by atoms with Gasteiger partial charge >= 0.3 is 0 Å². The van der Waals surface area contributed by atoms with E-state index in [1.165, 1.54) is 24.3 Å². The molecule has 0 radical (unpaired) electrons. The van der Waals surface area contributed by atoms with Gasteiger partial charge in [0.1, 0.15) is 10.5 Å². The Morgan fingerprint density at radius 1 is 0.958 bits per heavy atom. The van der Waals surface area contributed by atoms with Crippen molar-refractivity contribution in [3.05, 3.63) is 60.2 Å². The average molecular weight is 348 g/mol. The zero-order valence-electron chi connectivity index (χ0n) is 13.9. The SMILES string of the molecule is CCCCC(CCO)(c1ccccc1)S(=O)(=O)c1ccc(O)cc1. The molecule has 1 unspecified atom stereocenters. The minimum Gasteiger partial charge on any atom is -0.508 e. The fourth-order valence-electron chi connectivity index (χ4n) is 3.07. The van der Waals surface area contributed by atoms with E-state index in [1.807, 2.05) is 37.3 Å². The highest BCUT2D eigenvalue weighted by Gasteiger charge is 2.45. The Hall–Kier alpha value is -1.85. The van der Waals surface area contributed by atoms with Gasteiger partial charge in [-0.3, -0.25) is 0 Å². The van der Waals surface area contributed by atoms with E-state index in [9.17, 15) is 18.6 Å². The van der Waals surface area contributed by atoms with E-state index < -0.39 is 14.6 Å². The highest BCUT2D eigenvalue weighted by Crippen LogP contribution is 2.43. The Kier molecular flexibility index (Phi) is 6.02. The maximum Gasteiger partial charge on any atom is 0.188 e. The van der Waals surface area contributed by atoms with Crippen LogP contribution < -0.4 is 0 Å². The summed E-state index contributed by atoms with van der Waals surface area (Å²) in [4.78, 5) is 0.161. The Bertz CT molecular complexity index is 739. The molecule has 0 amide bonds. The fraction of sp³-hybridized carbons (Fsp3) is 0.368. The second-order valence-electron chi connectivity index (χ2n) is 5.93. The van der Waals surface area contributed by atoms with Crippen LogP contribution in [0, 0.1) is 0 Å². The van der Waals surface area contributed by atoms with Gasteiger partial charge in [0.2, 0.25) is 0 Å². The summed E-state index contributed by atoms with van der Waals surface area (Å²) in [5.74, 6) is 0.0231. The molecule has 2 aromatic rings. The molecule has 0 aliphatic rings. The quantitative estimate of drug-likeness (QED) is 0.764. The molecule has 1 atom stereocenters. The lowest BCUT2D eigenvalue weighted by Crippen LogP contribution is -2.37. The number of unbranched alkanes of at least 4 members (excludes halogenated alkanes) is 1. The van der Waals surface area contributed by atoms with E-state index in [1.54, 1.807) is 0 Å². The third kappa shape index (κ3) is 3.47. The largest absolute Gasteiger partial charge is 0.508 e. The molecule has 2 N–H and O–H groups in total. The van der Waals surface area contributed by atoms with Gasteiger partial charge < -0.3 is 10.2 Å². The molecule has 0 aliphatic heterocycles. The summed E-state index contributed by atoms with van der Waals surface area (Å²) >= 11 is 0. The lowest BCUT2D eigenvalue weighted by Gasteiger charge is -2.34. The standard InChI is InChI=1S/C19H24O4S/c1-2-3-13-19(14-15-20,16-7-5-4-6-8-16)24(22,23)18-11-9-17(21)10-12-18/h4-12,20-21H,2-3,13-15H2,1H3. The fourth-order valence-corrected chi connectivity index (χ4v) is 5.24. The number of aliphatic hydroxyl groups is 1. The number of hydrogen-bond donors (Lipinski definition) is 2. The maximum atomic E-state index is 13.5. The molecule has 0 bridgehead atoms. The topological polar surface area (TPSA) is 74.6 Å². The monoisotopic (exact) mass is 348 g/mol. The number of phenols is 1. The van der Waals surface area contributed by atoms with Gasteiger partial charge in [-0.2, -0.15) is 0 Å². The molecule has 0 aromatic heterocycles. The smallest absolute Gasteiger partial charge is 0.188 e. The van der Waals surface area contributed by atoms with Crippen LogP contribution in [0.15, 0.2) is 59.5 Å². The molecule has 5 heteroatoms. The van der Waals surface area contributed by atoms with Crippen molar-refractivity contribution in [3.8, 4) is 5.75 Å². The number of phenolic OH excluding ortho intramolecular Hbond substituents is 1. The summed E-state index contributed by atoms with van der Waals surface area (Å²) in [6.07, 6.45) is 2.19. The van der Waals surface area contributed by atoms with E-state index in [0.717, 1.165) is 12.8 Å². The van der Waals surface area contributed by atoms with Crippen LogP contribution in [-0.4, -0.2) is 25.2 Å². The Balaban J connectivity index is 2.65. The highest BCUT2D eigenvalue weighted by atomic mass is 32.2. The van der Waals surface area contributed by atoms with E-state index >= 15 is 0 Å². The molecule has 2 rings (SSSR count). The van der Waals surface area contributed by atoms with E-state index in [0.29, 0.717) is 12.0 Å². The number of aromatic hydroxyl groups is 1. The van der Waals surface area contributed by atoms with Crippen molar-refractivity contribution in [1.29, 1.82) is 0 Å². The highest BCUT2D eigenvalue weighted by molar-refractivity contribution is 7.92. The second-order valence-corrected chi connectivity index (χ2v) is 8.19. The first kappa shape index (κ1) is 18.5. The van der Waals surface area contributed by atoms with Gasteiger partial charge in [0.25, 0.3) is 0 Å². The van der Waals surface area contributed by atoms with Crippen molar-refractivity contribution in [2.45, 2.75) is 42.2 Å². The van der Waals surface area contributed by atoms with Gasteiger partial charge in [-0.25, -0.2) is 8.42 Å². The molecular formula is C19H24O4S. The first-order chi connectivity index (χ1) is 11.5. The molecule has 2 aromatic carbocycles. The van der Waals surface area contributed by atoms with Crippen LogP contribution in [0.3, 0.4) is 0 Å². The third-order valence-electron chi connectivity index (χ3n) is 4.41. The number of sulfone groups is 1. The van der Waals surface area contributed by atoms with E-state index in [4.69, 9.17) is 0 Å². The van der Waals surface area contributed by atoms with Crippen LogP contribution in [0.5, 0.6) is 5.75 Å². The normalized spacial score (nSPS) is 14.2. The molecule has 0 aliphatic carbocycles. The van der Waals surface area contributed by atoms with Crippen LogP contribution in [0.1, 0.15) is 38.2 Å². The van der Waals surface area contributed by atoms with Crippen molar-refractivity contribution in [2.24, 2.45) is 0 Å². The van der Waals surface area contributed by atoms with Crippen LogP contribution in [0.25, 0.3) is 0 Å². The Morgan fingerprint density at radius 3 is 2.12 bits per heavy atom. The second kappa shape index (κ2) is 7.81. The summed E-state index contributed by atoms with van der Waals surface area (Å²) in [6, 6.07) is 14.7. The molecule has 4 nitrogen and oxygen atoms in total. The zero-order chi connectivity index (χ0) is 17.6. The van der Waals surface area contributed by atoms with Crippen molar-refractivity contribution in [1.82, 2.24) is 0 Å². The van der Waals surface area contributed by atoms with Crippen molar-refractivity contribution >= 4 is 9.84 Å². The third-order valence-corrected chi connectivity index (χ3v) is 6.98. The molecule has 24 heavy (non-hydrogen) atoms. The number of aliphatic hydroxyl groups excluding tert-OH is 1. The lowest BCUT2D eigenvalue weighted by molar-refractivity contribution is 0.258. The number of hydrogen-bond acceptors (Lipinski definition) is 4. The van der Waals surface area contributed by atoms with E-state index in [2.05, 4.69) is 0 Å². The molecule has 0 saturated heterocycles. The van der Waals surface area contributed by atoms with Gasteiger partial charge in [-0.1, -0.05) is 50.1 Å². The van der Waals surface area contributed by atoms with Gasteiger partial charge in [0.15, 0.2) is 9.84 Å². The summed E-state index contributed by atoms with van der Waals surface area (Å²) < 4.78 is 25.8. The zero-order valence-corrected chi connectivity index (χ0v) is 14.7. The van der Waals surface area contributed by atoms with Crippen LogP contribution in [0.2, 0.25) is 0 Å². The number of benzene rings is 2. The van der Waals surface area contributed by atoms with Crippen LogP contribution in [0.4, 0.5) is 0 Å². The first-order valence-electron chi connectivity index (χ1n) is 8.18. The predicted octanol–water partition coefficient (Wildman–Crippen LogP) is 3.63. The van der Waals surface area contributed by atoms with Crippen LogP contribution in [-0.2, 0) is 14.6 Å². The van der Waals surface area contributed by atoms with Gasteiger partial charge in [-0.15, -0.1) is 0 Å². The van der Waals surface area contributed by atoms with Gasteiger partial charge in [-0.05, 0) is 42.7 Å². The van der Waals surface area contributed by atoms with Crippen LogP contribution >= 0.6 is 0 Å². The summed E-state index contributed by atoms with van der Waals surface area (Å²) in [5.41, 5.74) is 0.695. The predicted molar refractivity (Wildman–Crippen MR) is 94.6 cm³/mol. The van der Waals surface area contributed by atoms with Crippen molar-refractivity contribution < 1.29 is 18.6 Å². The summed E-state index contributed by atoms with van der Waals surface area (Å²) in [7, 11) is -3.74. The maximum absolute atomic E-state index is 13.5. The summed E-state index contributed by atoms with van der Waals surface area (Å²) in [5, 5.41) is 19.1. The molecule has 130 valence electrons. The van der Waals surface area contributed by atoms with Gasteiger partial charge in [0.05, 0.1) is 4.90 Å². The molecular weight excluding hydrogens is 324 g/mol. The Morgan fingerprint density at radius 2 is 1.58 bits per heavy atom.